The van der Waals surface area contributed by atoms with Gasteiger partial charge in [0.15, 0.2) is 24.8 Å². The number of alkyl halides is 3. The third-order valence-corrected chi connectivity index (χ3v) is 6.25. The van der Waals surface area contributed by atoms with E-state index in [-0.39, 0.29) is 24.5 Å². The Hall–Kier alpha value is -3.48. The average Bonchev–Trinajstić information content (AvgIpc) is 2.87. The van der Waals surface area contributed by atoms with Crippen molar-refractivity contribution in [3.63, 3.8) is 0 Å². The molecule has 0 radical (unpaired) electrons. The summed E-state index contributed by atoms with van der Waals surface area (Å²) in [5, 5.41) is 15.8. The van der Waals surface area contributed by atoms with Crippen molar-refractivity contribution in [1.29, 1.82) is 0 Å². The molecule has 39 heavy (non-hydrogen) atoms. The first kappa shape index (κ1) is 30.1. The number of rotatable bonds is 11. The zero-order chi connectivity index (χ0) is 28.6. The van der Waals surface area contributed by atoms with Gasteiger partial charge in [-0.1, -0.05) is 19.3 Å². The fourth-order valence-electron chi connectivity index (χ4n) is 4.42. The van der Waals surface area contributed by atoms with Crippen LogP contribution < -0.4 is 20.1 Å². The van der Waals surface area contributed by atoms with Gasteiger partial charge in [-0.05, 0) is 49.6 Å². The number of carbonyl (C=O) groups is 2. The van der Waals surface area contributed by atoms with Crippen LogP contribution in [-0.4, -0.2) is 48.3 Å². The highest BCUT2D eigenvalue weighted by molar-refractivity contribution is 5.78. The van der Waals surface area contributed by atoms with E-state index in [1.54, 1.807) is 0 Å². The van der Waals surface area contributed by atoms with Crippen LogP contribution in [0.1, 0.15) is 44.1 Å². The molecule has 0 unspecified atom stereocenters. The third-order valence-electron chi connectivity index (χ3n) is 6.25. The molecule has 0 heterocycles. The lowest BCUT2D eigenvalue weighted by atomic mass is 9.77. The first-order valence-corrected chi connectivity index (χ1v) is 12.2. The van der Waals surface area contributed by atoms with Crippen molar-refractivity contribution in [2.24, 2.45) is 0 Å². The van der Waals surface area contributed by atoms with Crippen molar-refractivity contribution in [3.05, 3.63) is 59.4 Å². The number of aliphatic hydroxyl groups excluding tert-OH is 1. The van der Waals surface area contributed by atoms with Crippen LogP contribution in [0.25, 0.3) is 0 Å². The Bertz CT molecular complexity index is 1150. The standard InChI is InChI=1S/C26H28F6N2O5/c27-20-6-4-17(10-19(20)26(30,31)32)38-14-23(36)33-13-16(35)12-25(8-2-1-3-9-25)34-24(37)15-39-18-5-7-21(28)22(29)11-18/h4-7,10-11,16,35H,1-3,8-9,12-15H2,(H,33,36)(H,34,37)/t16-/m0/s1. The van der Waals surface area contributed by atoms with E-state index >= 15 is 0 Å². The van der Waals surface area contributed by atoms with Crippen LogP contribution in [-0.2, 0) is 15.8 Å². The Kier molecular flexibility index (Phi) is 10.1. The van der Waals surface area contributed by atoms with E-state index in [9.17, 15) is 41.0 Å². The van der Waals surface area contributed by atoms with Crippen LogP contribution in [0.3, 0.4) is 0 Å². The van der Waals surface area contributed by atoms with Crippen molar-refractivity contribution in [1.82, 2.24) is 10.6 Å². The normalized spacial score (nSPS) is 15.8. The van der Waals surface area contributed by atoms with E-state index in [1.165, 1.54) is 6.07 Å². The Labute approximate surface area is 220 Å². The van der Waals surface area contributed by atoms with Gasteiger partial charge < -0.3 is 25.2 Å². The Morgan fingerprint density at radius 1 is 0.872 bits per heavy atom. The Morgan fingerprint density at radius 3 is 2.08 bits per heavy atom. The van der Waals surface area contributed by atoms with E-state index in [0.29, 0.717) is 25.0 Å². The molecule has 0 saturated heterocycles. The SMILES string of the molecule is O=C(COc1ccc(F)c(C(F)(F)F)c1)NC[C@@H](O)CC1(NC(=O)COc2ccc(F)c(F)c2)CCCCC1. The van der Waals surface area contributed by atoms with E-state index < -0.39 is 65.9 Å². The number of nitrogens with one attached hydrogen (secondary N) is 2. The van der Waals surface area contributed by atoms with Crippen LogP contribution in [0, 0.1) is 17.5 Å². The quantitative estimate of drug-likeness (QED) is 0.356. The lowest BCUT2D eigenvalue weighted by Crippen LogP contribution is -2.54. The van der Waals surface area contributed by atoms with Crippen LogP contribution in [0.2, 0.25) is 0 Å². The molecule has 2 amide bonds. The fourth-order valence-corrected chi connectivity index (χ4v) is 4.42. The van der Waals surface area contributed by atoms with Crippen molar-refractivity contribution in [2.45, 2.75) is 56.3 Å². The van der Waals surface area contributed by atoms with E-state index in [0.717, 1.165) is 37.5 Å². The molecule has 1 fully saturated rings. The molecule has 0 aromatic heterocycles. The number of carbonyl (C=O) groups excluding carboxylic acids is 2. The number of hydrogen-bond acceptors (Lipinski definition) is 5. The molecule has 0 spiro atoms. The van der Waals surface area contributed by atoms with Gasteiger partial charge in [-0.25, -0.2) is 13.2 Å². The molecule has 3 N–H and O–H groups in total. The second kappa shape index (κ2) is 13.0. The van der Waals surface area contributed by atoms with Gasteiger partial charge in [0.2, 0.25) is 0 Å². The Morgan fingerprint density at radius 2 is 1.46 bits per heavy atom. The fraction of sp³-hybridized carbons (Fsp3) is 0.462. The summed E-state index contributed by atoms with van der Waals surface area (Å²) in [4.78, 5) is 24.7. The van der Waals surface area contributed by atoms with Crippen molar-refractivity contribution < 1.29 is 50.5 Å². The summed E-state index contributed by atoms with van der Waals surface area (Å²) in [5.41, 5.74) is -2.30. The number of ether oxygens (including phenoxy) is 2. The van der Waals surface area contributed by atoms with Crippen molar-refractivity contribution >= 4 is 11.8 Å². The maximum Gasteiger partial charge on any atom is 0.419 e. The molecule has 3 rings (SSSR count). The van der Waals surface area contributed by atoms with Gasteiger partial charge in [-0.15, -0.1) is 0 Å². The summed E-state index contributed by atoms with van der Waals surface area (Å²) in [7, 11) is 0. The number of halogens is 6. The maximum atomic E-state index is 13.4. The minimum atomic E-state index is -4.93. The van der Waals surface area contributed by atoms with Gasteiger partial charge in [0.1, 0.15) is 17.3 Å². The minimum Gasteiger partial charge on any atom is -0.484 e. The van der Waals surface area contributed by atoms with Gasteiger partial charge in [0.25, 0.3) is 11.8 Å². The molecule has 2 aromatic carbocycles. The summed E-state index contributed by atoms with van der Waals surface area (Å²) < 4.78 is 88.5. The number of aliphatic hydroxyl groups is 1. The molecule has 2 aromatic rings. The first-order valence-electron chi connectivity index (χ1n) is 12.2. The van der Waals surface area contributed by atoms with Gasteiger partial charge in [0, 0.05) is 18.2 Å². The summed E-state index contributed by atoms with van der Waals surface area (Å²) >= 11 is 0. The van der Waals surface area contributed by atoms with Gasteiger partial charge in [0.05, 0.1) is 11.7 Å². The lowest BCUT2D eigenvalue weighted by molar-refractivity contribution is -0.140. The monoisotopic (exact) mass is 562 g/mol. The number of benzene rings is 2. The van der Waals surface area contributed by atoms with Crippen molar-refractivity contribution in [2.75, 3.05) is 19.8 Å². The van der Waals surface area contributed by atoms with Gasteiger partial charge >= 0.3 is 6.18 Å². The summed E-state index contributed by atoms with van der Waals surface area (Å²) in [6, 6.07) is 4.87. The third kappa shape index (κ3) is 9.05. The lowest BCUT2D eigenvalue weighted by Gasteiger charge is -2.39. The zero-order valence-corrected chi connectivity index (χ0v) is 20.8. The zero-order valence-electron chi connectivity index (χ0n) is 20.8. The first-order chi connectivity index (χ1) is 18.4. The van der Waals surface area contributed by atoms with Crippen molar-refractivity contribution in [3.8, 4) is 11.5 Å². The molecular weight excluding hydrogens is 534 g/mol. The largest absolute Gasteiger partial charge is 0.484 e. The molecule has 7 nitrogen and oxygen atoms in total. The molecule has 1 saturated carbocycles. The smallest absolute Gasteiger partial charge is 0.419 e. The molecule has 13 heteroatoms. The highest BCUT2D eigenvalue weighted by Gasteiger charge is 2.36. The Balaban J connectivity index is 1.48. The molecular formula is C26H28F6N2O5. The summed E-state index contributed by atoms with van der Waals surface area (Å²) in [6.07, 6.45) is -2.28. The number of hydrogen-bond donors (Lipinski definition) is 3. The highest BCUT2D eigenvalue weighted by atomic mass is 19.4. The molecule has 1 atom stereocenters. The predicted molar refractivity (Wildman–Crippen MR) is 126 cm³/mol. The molecule has 0 bridgehead atoms. The van der Waals surface area contributed by atoms with Crippen LogP contribution in [0.5, 0.6) is 11.5 Å². The highest BCUT2D eigenvalue weighted by Crippen LogP contribution is 2.34. The summed E-state index contributed by atoms with van der Waals surface area (Å²) in [6.45, 7) is -1.35. The molecule has 1 aliphatic rings. The van der Waals surface area contributed by atoms with Crippen LogP contribution in [0.15, 0.2) is 36.4 Å². The number of amides is 2. The van der Waals surface area contributed by atoms with Crippen LogP contribution in [0.4, 0.5) is 26.3 Å². The molecule has 214 valence electrons. The van der Waals surface area contributed by atoms with Gasteiger partial charge in [-0.2, -0.15) is 13.2 Å². The second-order valence-electron chi connectivity index (χ2n) is 9.34. The second-order valence-corrected chi connectivity index (χ2v) is 9.34. The average molecular weight is 563 g/mol. The minimum absolute atomic E-state index is 0.0259. The van der Waals surface area contributed by atoms with E-state index in [4.69, 9.17) is 9.47 Å². The molecule has 0 aliphatic heterocycles. The topological polar surface area (TPSA) is 96.9 Å². The molecule has 1 aliphatic carbocycles. The maximum absolute atomic E-state index is 13.4. The van der Waals surface area contributed by atoms with Crippen LogP contribution >= 0.6 is 0 Å². The van der Waals surface area contributed by atoms with E-state index in [1.807, 2.05) is 0 Å². The van der Waals surface area contributed by atoms with E-state index in [2.05, 4.69) is 10.6 Å². The predicted octanol–water partition coefficient (Wildman–Crippen LogP) is 4.27. The van der Waals surface area contributed by atoms with Gasteiger partial charge in [-0.3, -0.25) is 9.59 Å². The summed E-state index contributed by atoms with van der Waals surface area (Å²) in [5.74, 6) is -5.27.